The van der Waals surface area contributed by atoms with Gasteiger partial charge in [-0.15, -0.1) is 0 Å². The standard InChI is InChI=1S/C18H26N2/c1-14-4-3-5-16(10-14)8-9-20-13-18-7-6-17(12-19)11-15(18)2/h6-7,11,14,16,20H,3-5,8-10,13H2,1-2H3. The van der Waals surface area contributed by atoms with Crippen molar-refractivity contribution in [2.75, 3.05) is 6.54 Å². The number of hydrogen-bond donors (Lipinski definition) is 1. The Morgan fingerprint density at radius 1 is 1.35 bits per heavy atom. The van der Waals surface area contributed by atoms with E-state index in [1.54, 1.807) is 0 Å². The van der Waals surface area contributed by atoms with Crippen LogP contribution in [0.4, 0.5) is 0 Å². The molecular weight excluding hydrogens is 244 g/mol. The molecule has 1 saturated carbocycles. The second kappa shape index (κ2) is 7.45. The highest BCUT2D eigenvalue weighted by atomic mass is 14.8. The summed E-state index contributed by atoms with van der Waals surface area (Å²) in [5.41, 5.74) is 3.27. The van der Waals surface area contributed by atoms with Gasteiger partial charge >= 0.3 is 0 Å². The average Bonchev–Trinajstić information content (AvgIpc) is 2.45. The van der Waals surface area contributed by atoms with Crippen molar-refractivity contribution in [2.24, 2.45) is 11.8 Å². The Morgan fingerprint density at radius 2 is 2.20 bits per heavy atom. The van der Waals surface area contributed by atoms with Gasteiger partial charge in [0.15, 0.2) is 0 Å². The average molecular weight is 270 g/mol. The molecule has 0 heterocycles. The molecule has 0 saturated heterocycles. The van der Waals surface area contributed by atoms with E-state index in [0.29, 0.717) is 0 Å². The summed E-state index contributed by atoms with van der Waals surface area (Å²) in [6, 6.07) is 8.14. The Kier molecular flexibility index (Phi) is 5.61. The third-order valence-electron chi connectivity index (χ3n) is 4.56. The van der Waals surface area contributed by atoms with Crippen molar-refractivity contribution < 1.29 is 0 Å². The SMILES string of the molecule is Cc1cc(C#N)ccc1CNCCC1CCCC(C)C1. The molecule has 2 heteroatoms. The molecule has 2 nitrogen and oxygen atoms in total. The number of nitrogens with one attached hydrogen (secondary N) is 1. The quantitative estimate of drug-likeness (QED) is 0.815. The maximum absolute atomic E-state index is 8.87. The molecule has 1 aliphatic rings. The molecular formula is C18H26N2. The molecule has 2 atom stereocenters. The van der Waals surface area contributed by atoms with Gasteiger partial charge in [-0.05, 0) is 61.4 Å². The van der Waals surface area contributed by atoms with Crippen LogP contribution in [0.3, 0.4) is 0 Å². The number of nitrogens with zero attached hydrogens (tertiary/aromatic N) is 1. The summed E-state index contributed by atoms with van der Waals surface area (Å²) in [5, 5.41) is 12.4. The molecule has 0 amide bonds. The van der Waals surface area contributed by atoms with Crippen LogP contribution in [-0.4, -0.2) is 6.54 Å². The summed E-state index contributed by atoms with van der Waals surface area (Å²) >= 11 is 0. The molecule has 2 rings (SSSR count). The van der Waals surface area contributed by atoms with Gasteiger partial charge in [0.05, 0.1) is 11.6 Å². The predicted molar refractivity (Wildman–Crippen MR) is 83.3 cm³/mol. The normalized spacial score (nSPS) is 22.4. The molecule has 0 aliphatic heterocycles. The maximum Gasteiger partial charge on any atom is 0.0991 e. The molecule has 1 aliphatic carbocycles. The lowest BCUT2D eigenvalue weighted by atomic mass is 9.81. The van der Waals surface area contributed by atoms with Crippen LogP contribution < -0.4 is 5.32 Å². The summed E-state index contributed by atoms with van der Waals surface area (Å²) in [4.78, 5) is 0. The minimum atomic E-state index is 0.752. The van der Waals surface area contributed by atoms with Gasteiger partial charge in [0.2, 0.25) is 0 Å². The van der Waals surface area contributed by atoms with E-state index in [2.05, 4.69) is 31.3 Å². The van der Waals surface area contributed by atoms with E-state index in [1.807, 2.05) is 12.1 Å². The van der Waals surface area contributed by atoms with Gasteiger partial charge in [-0.25, -0.2) is 0 Å². The molecule has 108 valence electrons. The lowest BCUT2D eigenvalue weighted by Gasteiger charge is -2.26. The fourth-order valence-corrected chi connectivity index (χ4v) is 3.31. The monoisotopic (exact) mass is 270 g/mol. The zero-order chi connectivity index (χ0) is 14.4. The van der Waals surface area contributed by atoms with Crippen LogP contribution in [0.15, 0.2) is 18.2 Å². The fourth-order valence-electron chi connectivity index (χ4n) is 3.31. The summed E-state index contributed by atoms with van der Waals surface area (Å²) in [6.45, 7) is 6.50. The molecule has 20 heavy (non-hydrogen) atoms. The van der Waals surface area contributed by atoms with E-state index >= 15 is 0 Å². The summed E-state index contributed by atoms with van der Waals surface area (Å²) < 4.78 is 0. The first-order valence-corrected chi connectivity index (χ1v) is 7.89. The van der Waals surface area contributed by atoms with Crippen molar-refractivity contribution in [3.63, 3.8) is 0 Å². The van der Waals surface area contributed by atoms with Crippen LogP contribution in [0.5, 0.6) is 0 Å². The Morgan fingerprint density at radius 3 is 2.90 bits per heavy atom. The zero-order valence-electron chi connectivity index (χ0n) is 12.8. The van der Waals surface area contributed by atoms with Crippen molar-refractivity contribution in [3.8, 4) is 6.07 Å². The zero-order valence-corrected chi connectivity index (χ0v) is 12.8. The van der Waals surface area contributed by atoms with Gasteiger partial charge in [-0.3, -0.25) is 0 Å². The number of rotatable bonds is 5. The minimum absolute atomic E-state index is 0.752. The molecule has 1 N–H and O–H groups in total. The van der Waals surface area contributed by atoms with Crippen LogP contribution >= 0.6 is 0 Å². The molecule has 0 bridgehead atoms. The first-order valence-electron chi connectivity index (χ1n) is 7.89. The van der Waals surface area contributed by atoms with Gasteiger partial charge in [0, 0.05) is 6.54 Å². The predicted octanol–water partition coefficient (Wildman–Crippen LogP) is 4.17. The topological polar surface area (TPSA) is 35.8 Å². The number of benzene rings is 1. The summed E-state index contributed by atoms with van der Waals surface area (Å²) in [6.07, 6.45) is 6.98. The third kappa shape index (κ3) is 4.35. The molecule has 1 fully saturated rings. The van der Waals surface area contributed by atoms with Crippen LogP contribution in [0.25, 0.3) is 0 Å². The van der Waals surface area contributed by atoms with Gasteiger partial charge in [-0.1, -0.05) is 32.3 Å². The fraction of sp³-hybridized carbons (Fsp3) is 0.611. The molecule has 2 unspecified atom stereocenters. The smallest absolute Gasteiger partial charge is 0.0991 e. The molecule has 0 aromatic heterocycles. The highest BCUT2D eigenvalue weighted by Gasteiger charge is 2.18. The largest absolute Gasteiger partial charge is 0.313 e. The first kappa shape index (κ1) is 15.1. The second-order valence-electron chi connectivity index (χ2n) is 6.36. The van der Waals surface area contributed by atoms with Crippen LogP contribution in [0.2, 0.25) is 0 Å². The van der Waals surface area contributed by atoms with Crippen molar-refractivity contribution in [1.29, 1.82) is 5.26 Å². The lowest BCUT2D eigenvalue weighted by Crippen LogP contribution is -2.21. The Hall–Kier alpha value is -1.33. The second-order valence-corrected chi connectivity index (χ2v) is 6.36. The Balaban J connectivity index is 1.72. The Bertz CT molecular complexity index is 473. The highest BCUT2D eigenvalue weighted by molar-refractivity contribution is 5.37. The molecule has 0 radical (unpaired) electrons. The van der Waals surface area contributed by atoms with Gasteiger partial charge < -0.3 is 5.32 Å². The number of aryl methyl sites for hydroxylation is 1. The van der Waals surface area contributed by atoms with Gasteiger partial charge in [-0.2, -0.15) is 5.26 Å². The van der Waals surface area contributed by atoms with Gasteiger partial charge in [0.1, 0.15) is 0 Å². The van der Waals surface area contributed by atoms with E-state index in [4.69, 9.17) is 5.26 Å². The van der Waals surface area contributed by atoms with E-state index in [1.165, 1.54) is 43.2 Å². The highest BCUT2D eigenvalue weighted by Crippen LogP contribution is 2.30. The van der Waals surface area contributed by atoms with Crippen LogP contribution in [0.1, 0.15) is 55.7 Å². The maximum atomic E-state index is 8.87. The number of nitriles is 1. The summed E-state index contributed by atoms with van der Waals surface area (Å²) in [7, 11) is 0. The first-order chi connectivity index (χ1) is 9.69. The van der Waals surface area contributed by atoms with Crippen molar-refractivity contribution in [2.45, 2.75) is 52.5 Å². The minimum Gasteiger partial charge on any atom is -0.313 e. The van der Waals surface area contributed by atoms with E-state index < -0.39 is 0 Å². The molecule has 1 aromatic carbocycles. The van der Waals surface area contributed by atoms with Gasteiger partial charge in [0.25, 0.3) is 0 Å². The lowest BCUT2D eigenvalue weighted by molar-refractivity contribution is 0.267. The van der Waals surface area contributed by atoms with E-state index in [9.17, 15) is 0 Å². The van der Waals surface area contributed by atoms with Crippen LogP contribution in [0, 0.1) is 30.1 Å². The van der Waals surface area contributed by atoms with Crippen molar-refractivity contribution in [3.05, 3.63) is 34.9 Å². The van der Waals surface area contributed by atoms with Crippen molar-refractivity contribution in [1.82, 2.24) is 5.32 Å². The molecule has 1 aromatic rings. The molecule has 0 spiro atoms. The third-order valence-corrected chi connectivity index (χ3v) is 4.56. The van der Waals surface area contributed by atoms with E-state index in [-0.39, 0.29) is 0 Å². The van der Waals surface area contributed by atoms with Crippen LogP contribution in [-0.2, 0) is 6.54 Å². The van der Waals surface area contributed by atoms with Crippen molar-refractivity contribution >= 4 is 0 Å². The Labute approximate surface area is 123 Å². The van der Waals surface area contributed by atoms with E-state index in [0.717, 1.165) is 30.5 Å². The number of hydrogen-bond acceptors (Lipinski definition) is 2. The summed E-state index contributed by atoms with van der Waals surface area (Å²) in [5.74, 6) is 1.85.